The van der Waals surface area contributed by atoms with Crippen molar-refractivity contribution in [2.75, 3.05) is 13.2 Å². The summed E-state index contributed by atoms with van der Waals surface area (Å²) < 4.78 is 44.9. The summed E-state index contributed by atoms with van der Waals surface area (Å²) in [5, 5.41) is 4.86. The number of ketones is 1. The molecule has 1 aliphatic rings. The number of halogens is 3. The van der Waals surface area contributed by atoms with Crippen LogP contribution in [-0.2, 0) is 19.1 Å². The van der Waals surface area contributed by atoms with Gasteiger partial charge in [0.2, 0.25) is 5.91 Å². The normalized spacial score (nSPS) is 19.8. The summed E-state index contributed by atoms with van der Waals surface area (Å²) in [6.45, 7) is 4.06. The minimum Gasteiger partial charge on any atom is -0.444 e. The highest BCUT2D eigenvalue weighted by Crippen LogP contribution is 2.20. The third-order valence-corrected chi connectivity index (χ3v) is 3.38. The van der Waals surface area contributed by atoms with E-state index in [2.05, 4.69) is 15.4 Å². The SMILES string of the molecule is CC(C)(C)OC(=O)NC(CC1CCCNC1=O)C(=O)COC(F)(F)F. The Bertz CT molecular complexity index is 502. The molecule has 2 atom stereocenters. The van der Waals surface area contributed by atoms with Crippen molar-refractivity contribution in [3.63, 3.8) is 0 Å². The Hall–Kier alpha value is -1.84. The van der Waals surface area contributed by atoms with Crippen LogP contribution in [0.15, 0.2) is 0 Å². The molecule has 1 fully saturated rings. The number of rotatable bonds is 6. The van der Waals surface area contributed by atoms with E-state index >= 15 is 0 Å². The van der Waals surface area contributed by atoms with E-state index in [0.29, 0.717) is 19.4 Å². The lowest BCUT2D eigenvalue weighted by Crippen LogP contribution is -2.48. The Balaban J connectivity index is 2.76. The molecule has 0 aromatic rings. The number of hydrogen-bond donors (Lipinski definition) is 2. The monoisotopic (exact) mass is 368 g/mol. The summed E-state index contributed by atoms with van der Waals surface area (Å²) in [5.41, 5.74) is -0.845. The van der Waals surface area contributed by atoms with Crippen LogP contribution in [0.1, 0.15) is 40.0 Å². The van der Waals surface area contributed by atoms with Gasteiger partial charge in [-0.05, 0) is 40.0 Å². The quantitative estimate of drug-likeness (QED) is 0.747. The molecule has 2 unspecified atom stereocenters. The Morgan fingerprint density at radius 2 is 1.96 bits per heavy atom. The molecule has 0 aliphatic carbocycles. The number of carbonyl (C=O) groups is 3. The number of hydrogen-bond acceptors (Lipinski definition) is 5. The van der Waals surface area contributed by atoms with Gasteiger partial charge in [0.15, 0.2) is 5.78 Å². The Labute approximate surface area is 143 Å². The van der Waals surface area contributed by atoms with Crippen LogP contribution in [0.5, 0.6) is 0 Å². The molecule has 144 valence electrons. The van der Waals surface area contributed by atoms with E-state index in [1.54, 1.807) is 20.8 Å². The number of nitrogens with one attached hydrogen (secondary N) is 2. The molecule has 1 heterocycles. The van der Waals surface area contributed by atoms with Crippen LogP contribution < -0.4 is 10.6 Å². The van der Waals surface area contributed by atoms with Gasteiger partial charge in [-0.15, -0.1) is 13.2 Å². The zero-order valence-electron chi connectivity index (χ0n) is 14.4. The van der Waals surface area contributed by atoms with Gasteiger partial charge in [-0.2, -0.15) is 0 Å². The van der Waals surface area contributed by atoms with Crippen molar-refractivity contribution in [3.8, 4) is 0 Å². The number of alkyl halides is 3. The van der Waals surface area contributed by atoms with E-state index < -0.39 is 42.4 Å². The predicted molar refractivity (Wildman–Crippen MR) is 80.5 cm³/mol. The lowest BCUT2D eigenvalue weighted by atomic mass is 9.90. The fourth-order valence-corrected chi connectivity index (χ4v) is 2.32. The molecule has 0 aromatic carbocycles. The molecular formula is C15H23F3N2O5. The van der Waals surface area contributed by atoms with Crippen LogP contribution in [0.25, 0.3) is 0 Å². The molecule has 25 heavy (non-hydrogen) atoms. The molecule has 2 amide bonds. The van der Waals surface area contributed by atoms with Gasteiger partial charge in [-0.3, -0.25) is 14.3 Å². The molecular weight excluding hydrogens is 345 g/mol. The molecule has 0 spiro atoms. The topological polar surface area (TPSA) is 93.7 Å². The first-order chi connectivity index (χ1) is 11.4. The maximum Gasteiger partial charge on any atom is 0.522 e. The molecule has 1 saturated heterocycles. The highest BCUT2D eigenvalue weighted by molar-refractivity contribution is 5.89. The molecule has 0 radical (unpaired) electrons. The number of piperidine rings is 1. The van der Waals surface area contributed by atoms with Gasteiger partial charge < -0.3 is 15.4 Å². The van der Waals surface area contributed by atoms with Gasteiger partial charge in [0.05, 0.1) is 6.04 Å². The van der Waals surface area contributed by atoms with Gasteiger partial charge in [0.1, 0.15) is 12.2 Å². The summed E-state index contributed by atoms with van der Waals surface area (Å²) in [6.07, 6.45) is -4.87. The molecule has 0 bridgehead atoms. The van der Waals surface area contributed by atoms with Crippen molar-refractivity contribution >= 4 is 17.8 Å². The van der Waals surface area contributed by atoms with Gasteiger partial charge in [-0.1, -0.05) is 0 Å². The smallest absolute Gasteiger partial charge is 0.444 e. The molecule has 10 heteroatoms. The van der Waals surface area contributed by atoms with E-state index in [1.807, 2.05) is 0 Å². The third kappa shape index (κ3) is 8.71. The van der Waals surface area contributed by atoms with E-state index in [0.717, 1.165) is 0 Å². The number of alkyl carbamates (subject to hydrolysis) is 1. The van der Waals surface area contributed by atoms with Gasteiger partial charge >= 0.3 is 12.5 Å². The lowest BCUT2D eigenvalue weighted by molar-refractivity contribution is -0.321. The lowest BCUT2D eigenvalue weighted by Gasteiger charge is -2.27. The van der Waals surface area contributed by atoms with Crippen LogP contribution in [0, 0.1) is 5.92 Å². The number of ether oxygens (including phenoxy) is 2. The number of carbonyl (C=O) groups excluding carboxylic acids is 3. The fraction of sp³-hybridized carbons (Fsp3) is 0.800. The summed E-state index contributed by atoms with van der Waals surface area (Å²) in [6, 6.07) is -1.31. The standard InChI is InChI=1S/C15H23F3N2O5/c1-14(2,3)25-13(23)20-10(11(21)8-24-15(16,17)18)7-9-5-4-6-19-12(9)22/h9-10H,4-8H2,1-3H3,(H,19,22)(H,20,23). The van der Waals surface area contributed by atoms with Crippen molar-refractivity contribution in [1.29, 1.82) is 0 Å². The van der Waals surface area contributed by atoms with Gasteiger partial charge in [0, 0.05) is 12.5 Å². The number of amides is 2. The average molecular weight is 368 g/mol. The van der Waals surface area contributed by atoms with E-state index in [9.17, 15) is 27.6 Å². The largest absolute Gasteiger partial charge is 0.522 e. The summed E-state index contributed by atoms with van der Waals surface area (Å²) >= 11 is 0. The Kier molecular flexibility index (Phi) is 7.21. The maximum absolute atomic E-state index is 12.1. The third-order valence-electron chi connectivity index (χ3n) is 3.38. The summed E-state index contributed by atoms with van der Waals surface area (Å²) in [7, 11) is 0. The summed E-state index contributed by atoms with van der Waals surface area (Å²) in [4.78, 5) is 35.7. The molecule has 1 rings (SSSR count). The Morgan fingerprint density at radius 1 is 1.32 bits per heavy atom. The van der Waals surface area contributed by atoms with Crippen molar-refractivity contribution < 1.29 is 37.0 Å². The van der Waals surface area contributed by atoms with Crippen LogP contribution in [0.4, 0.5) is 18.0 Å². The first-order valence-corrected chi connectivity index (χ1v) is 7.88. The predicted octanol–water partition coefficient (Wildman–Crippen LogP) is 1.90. The minimum absolute atomic E-state index is 0.120. The maximum atomic E-state index is 12.1. The second-order valence-electron chi connectivity index (χ2n) is 6.77. The van der Waals surface area contributed by atoms with Crippen molar-refractivity contribution in [2.24, 2.45) is 5.92 Å². The van der Waals surface area contributed by atoms with Crippen LogP contribution >= 0.6 is 0 Å². The second-order valence-corrected chi connectivity index (χ2v) is 6.77. The number of Topliss-reactive ketones (excluding diaryl/α,β-unsaturated/α-hetero) is 1. The highest BCUT2D eigenvalue weighted by atomic mass is 19.4. The zero-order valence-corrected chi connectivity index (χ0v) is 14.4. The molecule has 1 aliphatic heterocycles. The first kappa shape index (κ1) is 21.2. The molecule has 0 aromatic heterocycles. The highest BCUT2D eigenvalue weighted by Gasteiger charge is 2.35. The van der Waals surface area contributed by atoms with Crippen molar-refractivity contribution in [1.82, 2.24) is 10.6 Å². The van der Waals surface area contributed by atoms with Gasteiger partial charge in [-0.25, -0.2) is 4.79 Å². The van der Waals surface area contributed by atoms with Crippen LogP contribution in [0.3, 0.4) is 0 Å². The zero-order chi connectivity index (χ0) is 19.3. The van der Waals surface area contributed by atoms with Gasteiger partial charge in [0.25, 0.3) is 0 Å². The molecule has 0 saturated carbocycles. The van der Waals surface area contributed by atoms with E-state index in [-0.39, 0.29) is 12.3 Å². The minimum atomic E-state index is -4.96. The van der Waals surface area contributed by atoms with Crippen LogP contribution in [-0.4, -0.2) is 48.9 Å². The van der Waals surface area contributed by atoms with Crippen LogP contribution in [0.2, 0.25) is 0 Å². The first-order valence-electron chi connectivity index (χ1n) is 7.88. The molecule has 2 N–H and O–H groups in total. The molecule has 7 nitrogen and oxygen atoms in total. The Morgan fingerprint density at radius 3 is 2.48 bits per heavy atom. The summed E-state index contributed by atoms with van der Waals surface area (Å²) in [5.74, 6) is -1.86. The fourth-order valence-electron chi connectivity index (χ4n) is 2.32. The van der Waals surface area contributed by atoms with Crippen molar-refractivity contribution in [3.05, 3.63) is 0 Å². The average Bonchev–Trinajstić information content (AvgIpc) is 2.43. The van der Waals surface area contributed by atoms with E-state index in [4.69, 9.17) is 4.74 Å². The van der Waals surface area contributed by atoms with E-state index in [1.165, 1.54) is 0 Å². The van der Waals surface area contributed by atoms with Crippen molar-refractivity contribution in [2.45, 2.75) is 58.0 Å². The second kappa shape index (κ2) is 8.50.